The fraction of sp³-hybridized carbons (Fsp3) is 0.211. The second-order valence-electron chi connectivity index (χ2n) is 6.00. The molecule has 0 radical (unpaired) electrons. The van der Waals surface area contributed by atoms with Crippen LogP contribution in [0.5, 0.6) is 11.5 Å². The van der Waals surface area contributed by atoms with Crippen molar-refractivity contribution >= 4 is 22.0 Å². The maximum atomic E-state index is 12.2. The van der Waals surface area contributed by atoms with E-state index in [1.165, 1.54) is 13.0 Å². The number of rotatable bonds is 7. The van der Waals surface area contributed by atoms with Crippen LogP contribution in [0, 0.1) is 0 Å². The molecule has 0 saturated heterocycles. The Morgan fingerprint density at radius 3 is 2.67 bits per heavy atom. The van der Waals surface area contributed by atoms with Gasteiger partial charge < -0.3 is 14.8 Å². The van der Waals surface area contributed by atoms with Crippen molar-refractivity contribution in [2.75, 3.05) is 6.79 Å². The van der Waals surface area contributed by atoms with Gasteiger partial charge in [0.05, 0.1) is 6.04 Å². The van der Waals surface area contributed by atoms with Crippen molar-refractivity contribution in [2.24, 2.45) is 0 Å². The molecule has 1 amide bonds. The quantitative estimate of drug-likeness (QED) is 0.757. The molecule has 1 heterocycles. The van der Waals surface area contributed by atoms with E-state index in [1.807, 2.05) is 24.3 Å². The van der Waals surface area contributed by atoms with Gasteiger partial charge in [-0.3, -0.25) is 4.79 Å². The topological polar surface area (TPSA) is 93.7 Å². The van der Waals surface area contributed by atoms with Gasteiger partial charge in [0.25, 0.3) is 0 Å². The molecule has 0 spiro atoms. The van der Waals surface area contributed by atoms with Crippen LogP contribution in [-0.4, -0.2) is 27.2 Å². The molecule has 0 aliphatic carbocycles. The normalized spacial score (nSPS) is 14.3. The Labute approximate surface area is 158 Å². The smallest absolute Gasteiger partial charge is 0.238 e. The van der Waals surface area contributed by atoms with Gasteiger partial charge >= 0.3 is 0 Å². The van der Waals surface area contributed by atoms with Crippen molar-refractivity contribution in [3.63, 3.8) is 0 Å². The number of amides is 1. The molecule has 7 nitrogen and oxygen atoms in total. The maximum Gasteiger partial charge on any atom is 0.238 e. The fourth-order valence-electron chi connectivity index (χ4n) is 2.46. The van der Waals surface area contributed by atoms with Crippen molar-refractivity contribution in [1.82, 2.24) is 10.0 Å². The highest BCUT2D eigenvalue weighted by atomic mass is 32.2. The summed E-state index contributed by atoms with van der Waals surface area (Å²) in [7, 11) is -3.74. The Morgan fingerprint density at radius 2 is 1.89 bits per heavy atom. The van der Waals surface area contributed by atoms with Gasteiger partial charge in [-0.25, -0.2) is 8.42 Å². The fourth-order valence-corrected chi connectivity index (χ4v) is 3.48. The summed E-state index contributed by atoms with van der Waals surface area (Å²) in [4.78, 5) is 12.2. The van der Waals surface area contributed by atoms with Gasteiger partial charge in [0.1, 0.15) is 0 Å². The summed E-state index contributed by atoms with van der Waals surface area (Å²) < 4.78 is 37.1. The molecular formula is C19H20N2O5S. The highest BCUT2D eigenvalue weighted by Gasteiger charge is 2.19. The summed E-state index contributed by atoms with van der Waals surface area (Å²) in [6.07, 6.45) is 1.47. The second-order valence-corrected chi connectivity index (χ2v) is 7.60. The molecule has 8 heteroatoms. The highest BCUT2D eigenvalue weighted by molar-refractivity contribution is 7.92. The number of carbonyl (C=O) groups excluding carboxylic acids is 1. The first-order chi connectivity index (χ1) is 12.9. The predicted molar refractivity (Wildman–Crippen MR) is 101 cm³/mol. The van der Waals surface area contributed by atoms with Crippen LogP contribution in [-0.2, 0) is 21.4 Å². The van der Waals surface area contributed by atoms with Gasteiger partial charge in [0.2, 0.25) is 22.7 Å². The Hall–Kier alpha value is -2.84. The third-order valence-electron chi connectivity index (χ3n) is 3.88. The molecule has 142 valence electrons. The van der Waals surface area contributed by atoms with E-state index in [9.17, 15) is 13.2 Å². The molecule has 3 rings (SSSR count). The van der Waals surface area contributed by atoms with Gasteiger partial charge in [-0.15, -0.1) is 0 Å². The molecule has 1 aliphatic heterocycles. The minimum Gasteiger partial charge on any atom is -0.454 e. The minimum atomic E-state index is -3.74. The van der Waals surface area contributed by atoms with Crippen molar-refractivity contribution in [3.05, 3.63) is 65.1 Å². The van der Waals surface area contributed by atoms with E-state index < -0.39 is 22.0 Å². The first-order valence-electron chi connectivity index (χ1n) is 8.35. The van der Waals surface area contributed by atoms with Crippen LogP contribution >= 0.6 is 0 Å². The van der Waals surface area contributed by atoms with Crippen LogP contribution in [0.15, 0.2) is 53.9 Å². The van der Waals surface area contributed by atoms with E-state index in [1.54, 1.807) is 24.3 Å². The lowest BCUT2D eigenvalue weighted by molar-refractivity contribution is -0.122. The van der Waals surface area contributed by atoms with Crippen LogP contribution in [0.25, 0.3) is 6.08 Å². The Balaban J connectivity index is 1.53. The molecule has 1 atom stereocenters. The first-order valence-corrected chi connectivity index (χ1v) is 9.89. The molecular weight excluding hydrogens is 368 g/mol. The van der Waals surface area contributed by atoms with Crippen LogP contribution in [0.1, 0.15) is 18.1 Å². The van der Waals surface area contributed by atoms with Gasteiger partial charge in [0, 0.05) is 12.0 Å². The lowest BCUT2D eigenvalue weighted by Gasteiger charge is -2.13. The molecule has 0 unspecified atom stereocenters. The average molecular weight is 388 g/mol. The second kappa shape index (κ2) is 8.24. The molecule has 0 bridgehead atoms. The Kier molecular flexibility index (Phi) is 5.78. The SMILES string of the molecule is C[C@@H](NS(=O)(=O)/C=C/c1ccccc1)C(=O)NCc1ccc2c(c1)OCO2. The van der Waals surface area contributed by atoms with E-state index >= 15 is 0 Å². The van der Waals surface area contributed by atoms with E-state index in [4.69, 9.17) is 9.47 Å². The zero-order chi connectivity index (χ0) is 19.3. The summed E-state index contributed by atoms with van der Waals surface area (Å²) in [6, 6.07) is 13.5. The predicted octanol–water partition coefficient (Wildman–Crippen LogP) is 2.01. The van der Waals surface area contributed by atoms with E-state index in [2.05, 4.69) is 10.0 Å². The van der Waals surface area contributed by atoms with Crippen LogP contribution < -0.4 is 19.5 Å². The summed E-state index contributed by atoms with van der Waals surface area (Å²) in [5.41, 5.74) is 1.58. The molecule has 0 aromatic heterocycles. The molecule has 2 aromatic carbocycles. The summed E-state index contributed by atoms with van der Waals surface area (Å²) in [5, 5.41) is 3.75. The Morgan fingerprint density at radius 1 is 1.15 bits per heavy atom. The van der Waals surface area contributed by atoms with Gasteiger partial charge in [-0.05, 0) is 36.3 Å². The van der Waals surface area contributed by atoms with E-state index in [0.29, 0.717) is 11.5 Å². The summed E-state index contributed by atoms with van der Waals surface area (Å²) >= 11 is 0. The number of fused-ring (bicyclic) bond motifs is 1. The summed E-state index contributed by atoms with van der Waals surface area (Å²) in [6.45, 7) is 1.92. The first kappa shape index (κ1) is 18.9. The minimum absolute atomic E-state index is 0.181. The van der Waals surface area contributed by atoms with Gasteiger partial charge in [-0.2, -0.15) is 4.72 Å². The Bertz CT molecular complexity index is 942. The van der Waals surface area contributed by atoms with Crippen molar-refractivity contribution in [2.45, 2.75) is 19.5 Å². The lowest BCUT2D eigenvalue weighted by atomic mass is 10.2. The maximum absolute atomic E-state index is 12.2. The van der Waals surface area contributed by atoms with E-state index in [-0.39, 0.29) is 13.3 Å². The van der Waals surface area contributed by atoms with Crippen molar-refractivity contribution < 1.29 is 22.7 Å². The number of benzene rings is 2. The monoisotopic (exact) mass is 388 g/mol. The lowest BCUT2D eigenvalue weighted by Crippen LogP contribution is -2.43. The zero-order valence-corrected chi connectivity index (χ0v) is 15.5. The molecule has 27 heavy (non-hydrogen) atoms. The van der Waals surface area contributed by atoms with E-state index in [0.717, 1.165) is 16.5 Å². The number of ether oxygens (including phenoxy) is 2. The standard InChI is InChI=1S/C19H20N2O5S/c1-14(21-27(23,24)10-9-15-5-3-2-4-6-15)19(22)20-12-16-7-8-17-18(11-16)26-13-25-17/h2-11,14,21H,12-13H2,1H3,(H,20,22)/b10-9+/t14-/m1/s1. The highest BCUT2D eigenvalue weighted by Crippen LogP contribution is 2.32. The molecule has 2 N–H and O–H groups in total. The molecule has 2 aromatic rings. The third-order valence-corrected chi connectivity index (χ3v) is 5.05. The van der Waals surface area contributed by atoms with Crippen molar-refractivity contribution in [3.8, 4) is 11.5 Å². The van der Waals surface area contributed by atoms with Crippen molar-refractivity contribution in [1.29, 1.82) is 0 Å². The average Bonchev–Trinajstić information content (AvgIpc) is 3.13. The molecule has 1 aliphatic rings. The number of carbonyl (C=O) groups is 1. The molecule has 0 fully saturated rings. The number of sulfonamides is 1. The van der Waals surface area contributed by atoms with Gasteiger partial charge in [-0.1, -0.05) is 36.4 Å². The summed E-state index contributed by atoms with van der Waals surface area (Å²) in [5.74, 6) is 0.863. The van der Waals surface area contributed by atoms with Crippen LogP contribution in [0.2, 0.25) is 0 Å². The zero-order valence-electron chi connectivity index (χ0n) is 14.7. The van der Waals surface area contributed by atoms with Crippen LogP contribution in [0.4, 0.5) is 0 Å². The van der Waals surface area contributed by atoms with Crippen LogP contribution in [0.3, 0.4) is 0 Å². The largest absolute Gasteiger partial charge is 0.454 e. The third kappa shape index (κ3) is 5.32. The number of hydrogen-bond acceptors (Lipinski definition) is 5. The van der Waals surface area contributed by atoms with Gasteiger partial charge in [0.15, 0.2) is 11.5 Å². The number of nitrogens with one attached hydrogen (secondary N) is 2. The number of hydrogen-bond donors (Lipinski definition) is 2. The molecule has 0 saturated carbocycles.